The van der Waals surface area contributed by atoms with Crippen LogP contribution in [0.15, 0.2) is 115 Å². The van der Waals surface area contributed by atoms with Gasteiger partial charge in [0.2, 0.25) is 0 Å². The van der Waals surface area contributed by atoms with Crippen molar-refractivity contribution in [2.24, 2.45) is 0 Å². The van der Waals surface area contributed by atoms with Crippen molar-refractivity contribution < 1.29 is 26.5 Å². The lowest BCUT2D eigenvalue weighted by molar-refractivity contribution is -0.0000252. The fraction of sp³-hybridized carbons (Fsp3) is 0.133. The summed E-state index contributed by atoms with van der Waals surface area (Å²) in [6.07, 6.45) is 3.38. The lowest BCUT2D eigenvalue weighted by atomic mass is 10.2. The Bertz CT molecular complexity index is 1330. The Morgan fingerprint density at radius 3 is 1.78 bits per heavy atom. The number of esters is 1. The number of fused-ring (bicyclic) bond motifs is 1. The molecule has 3 aromatic carbocycles. The van der Waals surface area contributed by atoms with Crippen LogP contribution in [0.3, 0.4) is 0 Å². The van der Waals surface area contributed by atoms with Crippen LogP contribution < -0.4 is 32.9 Å². The summed E-state index contributed by atoms with van der Waals surface area (Å²) < 4.78 is 7.28. The number of carbonyl (C=O) groups is 1. The minimum Gasteiger partial charge on any atom is -1.00 e. The lowest BCUT2D eigenvalue weighted by Crippen LogP contribution is -3.00. The van der Waals surface area contributed by atoms with Crippen molar-refractivity contribution in [1.29, 1.82) is 0 Å². The minimum atomic E-state index is -2.03. The first-order valence-electron chi connectivity index (χ1n) is 11.9. The van der Waals surface area contributed by atoms with Crippen LogP contribution >= 0.6 is 7.26 Å². The molecule has 2 heterocycles. The Balaban J connectivity index is 0.00000304. The molecule has 182 valence electrons. The minimum absolute atomic E-state index is 0. The molecule has 0 amide bonds. The van der Waals surface area contributed by atoms with Gasteiger partial charge in [0, 0.05) is 12.6 Å². The molecule has 6 heteroatoms. The first-order chi connectivity index (χ1) is 17.2. The van der Waals surface area contributed by atoms with Crippen molar-refractivity contribution in [2.75, 3.05) is 12.8 Å². The Morgan fingerprint density at radius 1 is 0.778 bits per heavy atom. The second kappa shape index (κ2) is 11.6. The van der Waals surface area contributed by atoms with Gasteiger partial charge in [-0.15, -0.1) is 0 Å². The molecule has 0 N–H and O–H groups in total. The second-order valence-corrected chi connectivity index (χ2v) is 12.0. The highest BCUT2D eigenvalue weighted by Gasteiger charge is 2.45. The molecule has 0 fully saturated rings. The number of imidazole rings is 1. The summed E-state index contributed by atoms with van der Waals surface area (Å²) >= 11 is 0. The smallest absolute Gasteiger partial charge is 0.357 e. The molecule has 0 radical (unpaired) electrons. The van der Waals surface area contributed by atoms with E-state index in [2.05, 4.69) is 91.0 Å². The van der Waals surface area contributed by atoms with Gasteiger partial charge in [0.15, 0.2) is 5.69 Å². The monoisotopic (exact) mass is 558 g/mol. The van der Waals surface area contributed by atoms with Crippen LogP contribution in [0.25, 0.3) is 5.65 Å². The first-order valence-corrected chi connectivity index (χ1v) is 13.9. The quantitative estimate of drug-likeness (QED) is 0.216. The van der Waals surface area contributed by atoms with Crippen LogP contribution in [0.2, 0.25) is 0 Å². The van der Waals surface area contributed by atoms with E-state index < -0.39 is 7.26 Å². The van der Waals surface area contributed by atoms with Gasteiger partial charge in [0.05, 0.1) is 18.5 Å². The predicted molar refractivity (Wildman–Crippen MR) is 145 cm³/mol. The van der Waals surface area contributed by atoms with Gasteiger partial charge in [-0.05, 0) is 55.5 Å². The largest absolute Gasteiger partial charge is 1.00 e. The van der Waals surface area contributed by atoms with Crippen molar-refractivity contribution in [3.8, 4) is 0 Å². The number of hydrogen-bond acceptors (Lipinski definition) is 3. The number of pyridine rings is 1. The SMILES string of the molecule is CCOC(=O)c1c(CC[P+](c2ccccc2)(c2ccccc2)c2ccccc2)nc2ccccn12.[Br-]. The molecule has 2 aromatic heterocycles. The van der Waals surface area contributed by atoms with E-state index in [9.17, 15) is 4.79 Å². The number of aryl methyl sites for hydroxylation is 1. The summed E-state index contributed by atoms with van der Waals surface area (Å²) in [7, 11) is -2.03. The van der Waals surface area contributed by atoms with Crippen molar-refractivity contribution >= 4 is 34.8 Å². The molecular formula is C30H28BrN2O2P. The van der Waals surface area contributed by atoms with E-state index in [1.54, 1.807) is 0 Å². The van der Waals surface area contributed by atoms with Gasteiger partial charge in [0.25, 0.3) is 0 Å². The van der Waals surface area contributed by atoms with E-state index in [-0.39, 0.29) is 23.0 Å². The van der Waals surface area contributed by atoms with Crippen LogP contribution in [0, 0.1) is 0 Å². The zero-order valence-electron chi connectivity index (χ0n) is 20.1. The lowest BCUT2D eigenvalue weighted by Gasteiger charge is -2.27. The Kier molecular flexibility index (Phi) is 8.35. The fourth-order valence-corrected chi connectivity index (χ4v) is 9.05. The molecule has 0 atom stereocenters. The van der Waals surface area contributed by atoms with Crippen LogP contribution in [0.4, 0.5) is 0 Å². The molecule has 0 unspecified atom stereocenters. The van der Waals surface area contributed by atoms with E-state index in [0.29, 0.717) is 18.7 Å². The number of benzene rings is 3. The van der Waals surface area contributed by atoms with Crippen molar-refractivity contribution in [3.63, 3.8) is 0 Å². The van der Waals surface area contributed by atoms with Gasteiger partial charge in [-0.1, -0.05) is 60.7 Å². The van der Waals surface area contributed by atoms with Crippen LogP contribution in [-0.2, 0) is 11.2 Å². The number of nitrogens with zero attached hydrogens (tertiary/aromatic N) is 2. The van der Waals surface area contributed by atoms with Gasteiger partial charge in [0.1, 0.15) is 28.8 Å². The highest BCUT2D eigenvalue weighted by atomic mass is 79.9. The van der Waals surface area contributed by atoms with Crippen molar-refractivity contribution in [2.45, 2.75) is 13.3 Å². The average Bonchev–Trinajstić information content (AvgIpc) is 3.30. The highest BCUT2D eigenvalue weighted by molar-refractivity contribution is 7.95. The summed E-state index contributed by atoms with van der Waals surface area (Å²) in [5.74, 6) is -0.329. The molecule has 5 aromatic rings. The number of hydrogen-bond donors (Lipinski definition) is 0. The molecule has 36 heavy (non-hydrogen) atoms. The topological polar surface area (TPSA) is 43.6 Å². The highest BCUT2D eigenvalue weighted by Crippen LogP contribution is 2.55. The maximum Gasteiger partial charge on any atom is 0.357 e. The number of aromatic nitrogens is 2. The number of halogens is 1. The molecule has 0 aliphatic heterocycles. The number of ether oxygens (including phenoxy) is 1. The van der Waals surface area contributed by atoms with E-state index in [1.807, 2.05) is 35.7 Å². The summed E-state index contributed by atoms with van der Waals surface area (Å²) in [5.41, 5.74) is 2.06. The van der Waals surface area contributed by atoms with E-state index in [0.717, 1.165) is 17.5 Å². The van der Waals surface area contributed by atoms with Crippen LogP contribution in [0.1, 0.15) is 23.1 Å². The number of carbonyl (C=O) groups excluding carboxylic acids is 1. The number of rotatable bonds is 8. The Labute approximate surface area is 223 Å². The molecule has 0 saturated carbocycles. The summed E-state index contributed by atoms with van der Waals surface area (Å²) in [6, 6.07) is 38.1. The second-order valence-electron chi connectivity index (χ2n) is 8.35. The summed E-state index contributed by atoms with van der Waals surface area (Å²) in [6.45, 7) is 2.16. The maximum atomic E-state index is 13.0. The third-order valence-electron chi connectivity index (χ3n) is 6.35. The van der Waals surface area contributed by atoms with Gasteiger partial charge in [-0.2, -0.15) is 0 Å². The summed E-state index contributed by atoms with van der Waals surface area (Å²) in [5, 5.41) is 3.96. The van der Waals surface area contributed by atoms with E-state index in [1.165, 1.54) is 15.9 Å². The van der Waals surface area contributed by atoms with E-state index >= 15 is 0 Å². The molecule has 5 rings (SSSR count). The molecular weight excluding hydrogens is 531 g/mol. The standard InChI is InChI=1S/C30H28N2O2P.BrH/c1-2-34-30(33)29-27(31-28-20-12-13-22-32(28)29)21-23-35(24-14-6-3-7-15-24,25-16-8-4-9-17-25)26-18-10-5-11-19-26;/h3-20,22H,2,21,23H2,1H3;1H/q+1;/p-1. The normalized spacial score (nSPS) is 11.1. The molecule has 0 aliphatic carbocycles. The molecule has 4 nitrogen and oxygen atoms in total. The van der Waals surface area contributed by atoms with Crippen molar-refractivity contribution in [1.82, 2.24) is 9.38 Å². The predicted octanol–water partition coefficient (Wildman–Crippen LogP) is 2.05. The van der Waals surface area contributed by atoms with Gasteiger partial charge in [-0.25, -0.2) is 9.78 Å². The zero-order valence-corrected chi connectivity index (χ0v) is 22.6. The van der Waals surface area contributed by atoms with Gasteiger partial charge < -0.3 is 21.7 Å². The van der Waals surface area contributed by atoms with Crippen LogP contribution in [-0.4, -0.2) is 28.1 Å². The molecule has 0 aliphatic rings. The van der Waals surface area contributed by atoms with Gasteiger partial charge >= 0.3 is 5.97 Å². The third kappa shape index (κ3) is 4.86. The maximum absolute atomic E-state index is 13.0. The molecule has 0 saturated heterocycles. The third-order valence-corrected chi connectivity index (χ3v) is 10.8. The fourth-order valence-electron chi connectivity index (χ4n) is 4.79. The first kappa shape index (κ1) is 25.8. The summed E-state index contributed by atoms with van der Waals surface area (Å²) in [4.78, 5) is 17.9. The molecule has 0 bridgehead atoms. The van der Waals surface area contributed by atoms with E-state index in [4.69, 9.17) is 9.72 Å². The van der Waals surface area contributed by atoms with Crippen LogP contribution in [0.5, 0.6) is 0 Å². The van der Waals surface area contributed by atoms with Crippen molar-refractivity contribution in [3.05, 3.63) is 127 Å². The Morgan fingerprint density at radius 2 is 1.28 bits per heavy atom. The molecule has 0 spiro atoms. The Hall–Kier alpha value is -3.27. The zero-order chi connectivity index (χ0) is 24.1. The van der Waals surface area contributed by atoms with Gasteiger partial charge in [-0.3, -0.25) is 4.40 Å². The average molecular weight is 559 g/mol.